The molecule has 0 unspecified atom stereocenters. The molecule has 1 atom stereocenters. The summed E-state index contributed by atoms with van der Waals surface area (Å²) < 4.78 is 41.0. The highest BCUT2D eigenvalue weighted by molar-refractivity contribution is 5.85. The van der Waals surface area contributed by atoms with Gasteiger partial charge in [0.2, 0.25) is 0 Å². The molecule has 0 bridgehead atoms. The van der Waals surface area contributed by atoms with Gasteiger partial charge in [-0.25, -0.2) is 0 Å². The number of aromatic hydroxyl groups is 1. The van der Waals surface area contributed by atoms with Crippen LogP contribution in [-0.2, 0) is 10.8 Å². The van der Waals surface area contributed by atoms with Gasteiger partial charge in [-0.15, -0.1) is 25.6 Å². The van der Waals surface area contributed by atoms with Gasteiger partial charge in [-0.2, -0.15) is 0 Å². The molecule has 0 radical (unpaired) electrons. The van der Waals surface area contributed by atoms with Crippen LogP contribution in [-0.4, -0.2) is 11.5 Å². The van der Waals surface area contributed by atoms with Crippen molar-refractivity contribution in [2.45, 2.75) is 64.8 Å². The molecule has 3 nitrogen and oxygen atoms in total. The molecule has 0 saturated carbocycles. The van der Waals surface area contributed by atoms with Crippen molar-refractivity contribution in [2.24, 2.45) is 5.73 Å². The number of phenols is 1. The maximum absolute atomic E-state index is 12.4. The van der Waals surface area contributed by atoms with Crippen LogP contribution in [0.5, 0.6) is 11.5 Å². The highest BCUT2D eigenvalue weighted by Crippen LogP contribution is 2.41. The Bertz CT molecular complexity index is 835. The van der Waals surface area contributed by atoms with Gasteiger partial charge in [0.25, 0.3) is 0 Å². The van der Waals surface area contributed by atoms with Gasteiger partial charge in [0, 0.05) is 5.56 Å². The predicted molar refractivity (Wildman–Crippen MR) is 112 cm³/mol. The summed E-state index contributed by atoms with van der Waals surface area (Å²) in [6.45, 7) is 12.2. The third kappa shape index (κ3) is 6.28. The number of benzene rings is 2. The molecule has 0 aliphatic heterocycles. The van der Waals surface area contributed by atoms with Crippen LogP contribution in [0.1, 0.15) is 69.8 Å². The van der Waals surface area contributed by atoms with Gasteiger partial charge >= 0.3 is 6.36 Å². The summed E-state index contributed by atoms with van der Waals surface area (Å²) in [5.74, 6) is -0.199. The van der Waals surface area contributed by atoms with Gasteiger partial charge in [0.15, 0.2) is 0 Å². The topological polar surface area (TPSA) is 55.5 Å². The average Bonchev–Trinajstić information content (AvgIpc) is 2.51. The van der Waals surface area contributed by atoms with E-state index in [1.165, 1.54) is 24.3 Å². The molecule has 162 valence electrons. The number of hydrogen-bond donors (Lipinski definition) is 2. The molecule has 0 fully saturated rings. The minimum atomic E-state index is -4.75. The van der Waals surface area contributed by atoms with Crippen molar-refractivity contribution < 1.29 is 23.0 Å². The molecule has 0 spiro atoms. The van der Waals surface area contributed by atoms with Gasteiger partial charge in [0.05, 0.1) is 6.04 Å². The number of halogens is 4. The molecule has 29 heavy (non-hydrogen) atoms. The van der Waals surface area contributed by atoms with Gasteiger partial charge in [-0.05, 0) is 45.7 Å². The van der Waals surface area contributed by atoms with E-state index < -0.39 is 12.4 Å². The molecule has 0 aliphatic carbocycles. The summed E-state index contributed by atoms with van der Waals surface area (Å²) in [7, 11) is 0. The molecule has 0 amide bonds. The zero-order valence-electron chi connectivity index (χ0n) is 17.5. The first-order valence-electron chi connectivity index (χ1n) is 9.09. The summed E-state index contributed by atoms with van der Waals surface area (Å²) in [5.41, 5.74) is 8.86. The third-order valence-corrected chi connectivity index (χ3v) is 4.62. The Labute approximate surface area is 176 Å². The van der Waals surface area contributed by atoms with Gasteiger partial charge in [-0.1, -0.05) is 59.7 Å². The highest BCUT2D eigenvalue weighted by Gasteiger charge is 2.31. The lowest BCUT2D eigenvalue weighted by Gasteiger charge is -2.29. The molecule has 0 saturated heterocycles. The van der Waals surface area contributed by atoms with Crippen molar-refractivity contribution in [3.63, 3.8) is 0 Å². The minimum Gasteiger partial charge on any atom is -0.507 e. The van der Waals surface area contributed by atoms with Gasteiger partial charge in [0.1, 0.15) is 11.5 Å². The molecular weight excluding hydrogens is 403 g/mol. The van der Waals surface area contributed by atoms with Crippen LogP contribution >= 0.6 is 12.4 Å². The van der Waals surface area contributed by atoms with Crippen LogP contribution in [0.4, 0.5) is 13.2 Å². The maximum Gasteiger partial charge on any atom is 0.573 e. The van der Waals surface area contributed by atoms with Crippen LogP contribution in [0.3, 0.4) is 0 Å². The van der Waals surface area contributed by atoms with Crippen LogP contribution in [0.2, 0.25) is 0 Å². The van der Waals surface area contributed by atoms with E-state index in [-0.39, 0.29) is 34.7 Å². The van der Waals surface area contributed by atoms with Crippen LogP contribution in [0.25, 0.3) is 0 Å². The summed E-state index contributed by atoms with van der Waals surface area (Å²) in [6, 6.07) is 8.57. The van der Waals surface area contributed by atoms with Crippen LogP contribution in [0, 0.1) is 0 Å². The molecule has 0 heterocycles. The van der Waals surface area contributed by atoms with Crippen molar-refractivity contribution in [1.29, 1.82) is 0 Å². The van der Waals surface area contributed by atoms with E-state index in [1.54, 1.807) is 0 Å². The van der Waals surface area contributed by atoms with Crippen molar-refractivity contribution in [3.8, 4) is 11.5 Å². The summed E-state index contributed by atoms with van der Waals surface area (Å²) in [4.78, 5) is 0. The standard InChI is InChI=1S/C22H28F3NO2.ClH/c1-20(2,3)14-11-16(19(27)17(12-14)21(4,5)6)18(26)13-7-9-15(10-8-13)28-22(23,24)25;/h7-12,18,27H,26H2,1-6H3;1H/t18-;/m1./s1. The Balaban J connectivity index is 0.00000420. The smallest absolute Gasteiger partial charge is 0.507 e. The Kier molecular flexibility index (Phi) is 7.31. The minimum absolute atomic E-state index is 0. The van der Waals surface area contributed by atoms with Crippen molar-refractivity contribution in [2.75, 3.05) is 0 Å². The fourth-order valence-electron chi connectivity index (χ4n) is 2.96. The first-order valence-corrected chi connectivity index (χ1v) is 9.09. The Hall–Kier alpha value is -1.92. The molecule has 2 aromatic rings. The third-order valence-electron chi connectivity index (χ3n) is 4.62. The molecule has 0 aliphatic rings. The zero-order chi connectivity index (χ0) is 21.5. The SMILES string of the molecule is CC(C)(C)c1cc([C@H](N)c2ccc(OC(F)(F)F)cc2)c(O)c(C(C)(C)C)c1.Cl. The van der Waals surface area contributed by atoms with Crippen molar-refractivity contribution >= 4 is 12.4 Å². The lowest BCUT2D eigenvalue weighted by atomic mass is 9.77. The average molecular weight is 432 g/mol. The maximum atomic E-state index is 12.4. The van der Waals surface area contributed by atoms with Crippen LogP contribution < -0.4 is 10.5 Å². The first-order chi connectivity index (χ1) is 12.6. The van der Waals surface area contributed by atoms with Gasteiger partial charge in [-0.3, -0.25) is 0 Å². The van der Waals surface area contributed by atoms with Crippen molar-refractivity contribution in [3.05, 3.63) is 58.7 Å². The molecule has 0 aromatic heterocycles. The second-order valence-corrected chi connectivity index (χ2v) is 9.06. The molecule has 3 N–H and O–H groups in total. The number of rotatable bonds is 3. The second kappa shape index (κ2) is 8.44. The number of phenolic OH excluding ortho intramolecular Hbond substituents is 1. The predicted octanol–water partition coefficient (Wildman–Crippen LogP) is 6.36. The monoisotopic (exact) mass is 431 g/mol. The fourth-order valence-corrected chi connectivity index (χ4v) is 2.96. The normalized spacial score (nSPS) is 13.6. The number of alkyl halides is 3. The van der Waals surface area contributed by atoms with E-state index >= 15 is 0 Å². The van der Waals surface area contributed by atoms with E-state index in [0.29, 0.717) is 11.1 Å². The van der Waals surface area contributed by atoms with E-state index in [2.05, 4.69) is 25.5 Å². The van der Waals surface area contributed by atoms with E-state index in [9.17, 15) is 18.3 Å². The van der Waals surface area contributed by atoms with Gasteiger partial charge < -0.3 is 15.6 Å². The Morgan fingerprint density at radius 1 is 0.897 bits per heavy atom. The molecule has 2 rings (SSSR count). The highest BCUT2D eigenvalue weighted by atomic mass is 35.5. The van der Waals surface area contributed by atoms with E-state index in [4.69, 9.17) is 5.73 Å². The number of hydrogen-bond acceptors (Lipinski definition) is 3. The molecule has 7 heteroatoms. The zero-order valence-corrected chi connectivity index (χ0v) is 18.3. The van der Waals surface area contributed by atoms with E-state index in [1.807, 2.05) is 32.9 Å². The van der Waals surface area contributed by atoms with Crippen LogP contribution in [0.15, 0.2) is 36.4 Å². The first kappa shape index (κ1) is 25.1. The lowest BCUT2D eigenvalue weighted by Crippen LogP contribution is -2.20. The van der Waals surface area contributed by atoms with Crippen molar-refractivity contribution in [1.82, 2.24) is 0 Å². The summed E-state index contributed by atoms with van der Waals surface area (Å²) >= 11 is 0. The lowest BCUT2D eigenvalue weighted by molar-refractivity contribution is -0.274. The summed E-state index contributed by atoms with van der Waals surface area (Å²) in [6.07, 6.45) is -4.75. The number of nitrogens with two attached hydrogens (primary N) is 1. The Morgan fingerprint density at radius 2 is 1.41 bits per heavy atom. The Morgan fingerprint density at radius 3 is 1.83 bits per heavy atom. The quantitative estimate of drug-likeness (QED) is 0.594. The molecular formula is C22H29ClF3NO2. The second-order valence-electron chi connectivity index (χ2n) is 9.06. The van der Waals surface area contributed by atoms with E-state index in [0.717, 1.165) is 11.1 Å². The summed E-state index contributed by atoms with van der Waals surface area (Å²) in [5, 5.41) is 10.9. The fraction of sp³-hybridized carbons (Fsp3) is 0.455. The molecule has 2 aromatic carbocycles. The largest absolute Gasteiger partial charge is 0.573 e. The number of ether oxygens (including phenoxy) is 1.